The van der Waals surface area contributed by atoms with Crippen LogP contribution < -0.4 is 14.8 Å². The molecule has 1 aliphatic rings. The maximum absolute atomic E-state index is 10.9. The van der Waals surface area contributed by atoms with Gasteiger partial charge in [0.15, 0.2) is 0 Å². The minimum Gasteiger partial charge on any atom is -0.489 e. The van der Waals surface area contributed by atoms with Gasteiger partial charge in [0.2, 0.25) is 0 Å². The standard InChI is InChI=1S/C23H28N2O5/c1-24-21(13-23(26)27)17-7-11-20(12-8-17)29-14-16-3-9-19(10-4-16)30-15-22(25-28-2)18-5-6-18/h3-4,7-12,18,21,24H,5-6,13-15H2,1-2H3,(H,26,27)/b25-22-. The number of aliphatic carboxylic acids is 1. The Morgan fingerprint density at radius 2 is 1.73 bits per heavy atom. The van der Waals surface area contributed by atoms with Gasteiger partial charge in [-0.3, -0.25) is 4.79 Å². The minimum absolute atomic E-state index is 0.0323. The maximum Gasteiger partial charge on any atom is 0.305 e. The van der Waals surface area contributed by atoms with Crippen LogP contribution in [0.25, 0.3) is 0 Å². The van der Waals surface area contributed by atoms with Gasteiger partial charge in [-0.25, -0.2) is 0 Å². The molecule has 0 heterocycles. The van der Waals surface area contributed by atoms with Gasteiger partial charge in [0.05, 0.1) is 12.1 Å². The average Bonchev–Trinajstić information content (AvgIpc) is 3.60. The van der Waals surface area contributed by atoms with E-state index in [4.69, 9.17) is 19.4 Å². The molecule has 1 saturated carbocycles. The van der Waals surface area contributed by atoms with Crippen molar-refractivity contribution in [2.24, 2.45) is 11.1 Å². The number of hydrogen-bond donors (Lipinski definition) is 2. The average molecular weight is 412 g/mol. The second-order valence-electron chi connectivity index (χ2n) is 7.27. The Balaban J connectivity index is 1.48. The van der Waals surface area contributed by atoms with Gasteiger partial charge in [-0.05, 0) is 55.3 Å². The molecule has 0 spiro atoms. The van der Waals surface area contributed by atoms with E-state index < -0.39 is 5.97 Å². The van der Waals surface area contributed by atoms with Gasteiger partial charge in [-0.2, -0.15) is 0 Å². The summed E-state index contributed by atoms with van der Waals surface area (Å²) in [6.45, 7) is 0.874. The van der Waals surface area contributed by atoms with E-state index >= 15 is 0 Å². The molecule has 3 rings (SSSR count). The summed E-state index contributed by atoms with van der Waals surface area (Å²) in [7, 11) is 3.31. The van der Waals surface area contributed by atoms with E-state index in [2.05, 4.69) is 10.5 Å². The highest BCUT2D eigenvalue weighted by molar-refractivity contribution is 5.89. The third-order valence-electron chi connectivity index (χ3n) is 4.98. The van der Waals surface area contributed by atoms with Crippen molar-refractivity contribution in [3.63, 3.8) is 0 Å². The Morgan fingerprint density at radius 3 is 2.30 bits per heavy atom. The number of nitrogens with one attached hydrogen (secondary N) is 1. The van der Waals surface area contributed by atoms with Crippen molar-refractivity contribution >= 4 is 11.7 Å². The molecular formula is C23H28N2O5. The van der Waals surface area contributed by atoms with E-state index in [0.717, 1.165) is 41.2 Å². The van der Waals surface area contributed by atoms with E-state index in [0.29, 0.717) is 19.1 Å². The van der Waals surface area contributed by atoms with Crippen LogP contribution in [0.2, 0.25) is 0 Å². The molecule has 0 aromatic heterocycles. The van der Waals surface area contributed by atoms with Gasteiger partial charge in [-0.15, -0.1) is 0 Å². The smallest absolute Gasteiger partial charge is 0.305 e. The van der Waals surface area contributed by atoms with E-state index in [-0.39, 0.29) is 12.5 Å². The molecule has 2 aromatic rings. The van der Waals surface area contributed by atoms with E-state index in [1.165, 1.54) is 0 Å². The van der Waals surface area contributed by atoms with Gasteiger partial charge >= 0.3 is 5.97 Å². The number of benzene rings is 2. The number of carboxylic acid groups (broad SMARTS) is 1. The first-order chi connectivity index (χ1) is 14.6. The van der Waals surface area contributed by atoms with Crippen molar-refractivity contribution in [1.82, 2.24) is 5.32 Å². The van der Waals surface area contributed by atoms with E-state index in [9.17, 15) is 4.79 Å². The molecule has 2 aromatic carbocycles. The summed E-state index contributed by atoms with van der Waals surface area (Å²) >= 11 is 0. The number of rotatable bonds is 12. The SMILES string of the molecule is CNC(CC(=O)O)c1ccc(OCc2ccc(OC/C(=N/OC)C3CC3)cc2)cc1. The second-order valence-corrected chi connectivity index (χ2v) is 7.27. The highest BCUT2D eigenvalue weighted by atomic mass is 16.6. The fraction of sp³-hybridized carbons (Fsp3) is 0.391. The zero-order valence-electron chi connectivity index (χ0n) is 17.3. The fourth-order valence-corrected chi connectivity index (χ4v) is 3.12. The van der Waals surface area contributed by atoms with Gasteiger partial charge in [-0.1, -0.05) is 29.4 Å². The maximum atomic E-state index is 10.9. The third-order valence-corrected chi connectivity index (χ3v) is 4.98. The Morgan fingerprint density at radius 1 is 1.10 bits per heavy atom. The van der Waals surface area contributed by atoms with E-state index in [1.54, 1.807) is 14.2 Å². The molecule has 1 aliphatic carbocycles. The summed E-state index contributed by atoms with van der Waals surface area (Å²) in [4.78, 5) is 15.8. The molecule has 2 N–H and O–H groups in total. The van der Waals surface area contributed by atoms with E-state index in [1.807, 2.05) is 48.5 Å². The summed E-state index contributed by atoms with van der Waals surface area (Å²) < 4.78 is 11.7. The molecule has 1 unspecified atom stereocenters. The fourth-order valence-electron chi connectivity index (χ4n) is 3.12. The van der Waals surface area contributed by atoms with Crippen LogP contribution in [-0.2, 0) is 16.2 Å². The zero-order chi connectivity index (χ0) is 21.3. The first-order valence-corrected chi connectivity index (χ1v) is 10.0. The monoisotopic (exact) mass is 412 g/mol. The van der Waals surface area contributed by atoms with Crippen LogP contribution in [0.5, 0.6) is 11.5 Å². The molecule has 0 aliphatic heterocycles. The Kier molecular flexibility index (Phi) is 7.68. The van der Waals surface area contributed by atoms with Gasteiger partial charge < -0.3 is 24.7 Å². The lowest BCUT2D eigenvalue weighted by molar-refractivity contribution is -0.137. The zero-order valence-corrected chi connectivity index (χ0v) is 17.3. The van der Waals surface area contributed by atoms with Gasteiger partial charge in [0, 0.05) is 12.0 Å². The lowest BCUT2D eigenvalue weighted by Crippen LogP contribution is -2.19. The topological polar surface area (TPSA) is 89.4 Å². The number of ether oxygens (including phenoxy) is 2. The summed E-state index contributed by atoms with van der Waals surface area (Å²) in [5.74, 6) is 1.17. The van der Waals surface area contributed by atoms with Crippen LogP contribution in [0.15, 0.2) is 53.7 Å². The Hall–Kier alpha value is -3.06. The number of nitrogens with zero attached hydrogens (tertiary/aromatic N) is 1. The summed E-state index contributed by atoms with van der Waals surface area (Å²) in [6.07, 6.45) is 2.33. The molecule has 1 fully saturated rings. The third kappa shape index (κ3) is 6.49. The van der Waals surface area contributed by atoms with Crippen LogP contribution in [0.4, 0.5) is 0 Å². The summed E-state index contributed by atoms with van der Waals surface area (Å²) in [5.41, 5.74) is 2.90. The second kappa shape index (κ2) is 10.6. The van der Waals surface area contributed by atoms with Crippen LogP contribution in [0.1, 0.15) is 36.4 Å². The van der Waals surface area contributed by atoms with Crippen molar-refractivity contribution in [3.8, 4) is 11.5 Å². The van der Waals surface area contributed by atoms with Crippen molar-refractivity contribution in [2.75, 3.05) is 20.8 Å². The Labute approximate surface area is 176 Å². The predicted octanol–water partition coefficient (Wildman–Crippen LogP) is 3.79. The molecule has 30 heavy (non-hydrogen) atoms. The highest BCUT2D eigenvalue weighted by Gasteiger charge is 2.28. The van der Waals surface area contributed by atoms with Crippen molar-refractivity contribution in [2.45, 2.75) is 31.9 Å². The molecule has 0 bridgehead atoms. The first kappa shape index (κ1) is 21.6. The largest absolute Gasteiger partial charge is 0.489 e. The molecule has 1 atom stereocenters. The van der Waals surface area contributed by atoms with Crippen LogP contribution in [-0.4, -0.2) is 37.6 Å². The summed E-state index contributed by atoms with van der Waals surface area (Å²) in [6, 6.07) is 15.0. The van der Waals surface area contributed by atoms with Crippen molar-refractivity contribution in [3.05, 3.63) is 59.7 Å². The Bertz CT molecular complexity index is 845. The van der Waals surface area contributed by atoms with Gasteiger partial charge in [0.25, 0.3) is 0 Å². The molecule has 0 radical (unpaired) electrons. The molecule has 0 saturated heterocycles. The number of hydrogen-bond acceptors (Lipinski definition) is 6. The lowest BCUT2D eigenvalue weighted by atomic mass is 10.0. The minimum atomic E-state index is -0.836. The molecule has 0 amide bonds. The molecular weight excluding hydrogens is 384 g/mol. The molecule has 7 heteroatoms. The lowest BCUT2D eigenvalue weighted by Gasteiger charge is -2.15. The molecule has 160 valence electrons. The van der Waals surface area contributed by atoms with Crippen molar-refractivity contribution < 1.29 is 24.2 Å². The quantitative estimate of drug-likeness (QED) is 0.407. The van der Waals surface area contributed by atoms with Crippen molar-refractivity contribution in [1.29, 1.82) is 0 Å². The van der Waals surface area contributed by atoms with Crippen LogP contribution >= 0.6 is 0 Å². The molecule has 7 nitrogen and oxygen atoms in total. The van der Waals surface area contributed by atoms with Crippen LogP contribution in [0, 0.1) is 5.92 Å². The highest BCUT2D eigenvalue weighted by Crippen LogP contribution is 2.31. The predicted molar refractivity (Wildman–Crippen MR) is 114 cm³/mol. The number of carbonyl (C=O) groups is 1. The van der Waals surface area contributed by atoms with Gasteiger partial charge in [0.1, 0.15) is 31.8 Å². The van der Waals surface area contributed by atoms with Crippen LogP contribution in [0.3, 0.4) is 0 Å². The number of oxime groups is 1. The summed E-state index contributed by atoms with van der Waals surface area (Å²) in [5, 5.41) is 16.1. The number of carboxylic acids is 1. The first-order valence-electron chi connectivity index (χ1n) is 10.0. The normalized spacial score (nSPS) is 14.8.